The van der Waals surface area contributed by atoms with Crippen LogP contribution in [0.1, 0.15) is 44.6 Å². The van der Waals surface area contributed by atoms with Gasteiger partial charge in [0.2, 0.25) is 0 Å². The lowest BCUT2D eigenvalue weighted by Crippen LogP contribution is -2.40. The fourth-order valence-corrected chi connectivity index (χ4v) is 2.73. The van der Waals surface area contributed by atoms with Gasteiger partial charge in [-0.05, 0) is 55.3 Å². The highest BCUT2D eigenvalue weighted by atomic mass is 16.5. The standard InChI is InChI=1S/C18H29NO2/c1-14(2)13-21-10-4-9-19-17-11-16(12-17)15-5-7-18(20-3)8-6-15/h5-8,14,16-17,19H,4,9-13H2,1-3H3. The molecule has 2 rings (SSSR count). The number of methoxy groups -OCH3 is 1. The first-order valence-corrected chi connectivity index (χ1v) is 8.14. The van der Waals surface area contributed by atoms with Crippen molar-refractivity contribution in [3.8, 4) is 5.75 Å². The third kappa shape index (κ3) is 5.33. The zero-order valence-corrected chi connectivity index (χ0v) is 13.6. The molecule has 0 atom stereocenters. The Morgan fingerprint density at radius 3 is 2.52 bits per heavy atom. The Balaban J connectivity index is 1.54. The van der Waals surface area contributed by atoms with Gasteiger partial charge in [0.05, 0.1) is 7.11 Å². The molecule has 1 N–H and O–H groups in total. The van der Waals surface area contributed by atoms with Crippen LogP contribution < -0.4 is 10.1 Å². The molecule has 0 heterocycles. The molecule has 1 aromatic carbocycles. The van der Waals surface area contributed by atoms with E-state index in [0.717, 1.165) is 31.9 Å². The van der Waals surface area contributed by atoms with Crippen LogP contribution >= 0.6 is 0 Å². The van der Waals surface area contributed by atoms with E-state index in [1.807, 2.05) is 0 Å². The zero-order chi connectivity index (χ0) is 15.1. The lowest BCUT2D eigenvalue weighted by Gasteiger charge is -2.36. The second-order valence-corrected chi connectivity index (χ2v) is 6.41. The Kier molecular flexibility index (Phi) is 6.52. The maximum Gasteiger partial charge on any atom is 0.118 e. The fraction of sp³-hybridized carbons (Fsp3) is 0.667. The minimum atomic E-state index is 0.634. The number of ether oxygens (including phenoxy) is 2. The second-order valence-electron chi connectivity index (χ2n) is 6.41. The molecule has 0 unspecified atom stereocenters. The highest BCUT2D eigenvalue weighted by Crippen LogP contribution is 2.37. The van der Waals surface area contributed by atoms with E-state index in [2.05, 4.69) is 43.4 Å². The molecule has 1 saturated carbocycles. The molecule has 0 amide bonds. The SMILES string of the molecule is COc1ccc(C2CC(NCCCOCC(C)C)C2)cc1. The number of hydrogen-bond acceptors (Lipinski definition) is 3. The van der Waals surface area contributed by atoms with E-state index in [-0.39, 0.29) is 0 Å². The van der Waals surface area contributed by atoms with E-state index in [1.54, 1.807) is 7.11 Å². The number of rotatable bonds is 9. The molecule has 118 valence electrons. The summed E-state index contributed by atoms with van der Waals surface area (Å²) >= 11 is 0. The third-order valence-electron chi connectivity index (χ3n) is 4.07. The van der Waals surface area contributed by atoms with Gasteiger partial charge in [-0.1, -0.05) is 26.0 Å². The van der Waals surface area contributed by atoms with Crippen molar-refractivity contribution >= 4 is 0 Å². The Morgan fingerprint density at radius 1 is 1.19 bits per heavy atom. The Morgan fingerprint density at radius 2 is 1.90 bits per heavy atom. The summed E-state index contributed by atoms with van der Waals surface area (Å²) in [6, 6.07) is 9.19. The number of benzene rings is 1. The maximum atomic E-state index is 5.59. The average molecular weight is 291 g/mol. The summed E-state index contributed by atoms with van der Waals surface area (Å²) in [6.45, 7) is 7.19. The first-order chi connectivity index (χ1) is 10.2. The summed E-state index contributed by atoms with van der Waals surface area (Å²) in [5, 5.41) is 3.62. The predicted molar refractivity (Wildman–Crippen MR) is 87.0 cm³/mol. The smallest absolute Gasteiger partial charge is 0.118 e. The van der Waals surface area contributed by atoms with Crippen LogP contribution in [-0.2, 0) is 4.74 Å². The van der Waals surface area contributed by atoms with E-state index >= 15 is 0 Å². The highest BCUT2D eigenvalue weighted by Gasteiger charge is 2.29. The lowest BCUT2D eigenvalue weighted by atomic mass is 9.76. The van der Waals surface area contributed by atoms with Gasteiger partial charge in [0.15, 0.2) is 0 Å². The van der Waals surface area contributed by atoms with E-state index in [0.29, 0.717) is 17.9 Å². The van der Waals surface area contributed by atoms with Crippen molar-refractivity contribution in [2.75, 3.05) is 26.9 Å². The van der Waals surface area contributed by atoms with E-state index in [1.165, 1.54) is 18.4 Å². The maximum absolute atomic E-state index is 5.59. The topological polar surface area (TPSA) is 30.5 Å². The van der Waals surface area contributed by atoms with Crippen molar-refractivity contribution in [2.24, 2.45) is 5.92 Å². The molecule has 0 bridgehead atoms. The lowest BCUT2D eigenvalue weighted by molar-refractivity contribution is 0.106. The first-order valence-electron chi connectivity index (χ1n) is 8.14. The average Bonchev–Trinajstić information content (AvgIpc) is 2.44. The van der Waals surface area contributed by atoms with Gasteiger partial charge in [-0.15, -0.1) is 0 Å². The van der Waals surface area contributed by atoms with Crippen LogP contribution in [0.25, 0.3) is 0 Å². The van der Waals surface area contributed by atoms with Gasteiger partial charge in [-0.25, -0.2) is 0 Å². The van der Waals surface area contributed by atoms with Crippen LogP contribution in [0.15, 0.2) is 24.3 Å². The first kappa shape index (κ1) is 16.3. The Bertz CT molecular complexity index is 396. The molecule has 0 radical (unpaired) electrons. The van der Waals surface area contributed by atoms with Crippen LogP contribution in [0.3, 0.4) is 0 Å². The van der Waals surface area contributed by atoms with Crippen molar-refractivity contribution in [3.05, 3.63) is 29.8 Å². The summed E-state index contributed by atoms with van der Waals surface area (Å²) < 4.78 is 10.8. The Labute approximate surface area is 129 Å². The molecule has 3 nitrogen and oxygen atoms in total. The summed E-state index contributed by atoms with van der Waals surface area (Å²) in [7, 11) is 1.71. The van der Waals surface area contributed by atoms with E-state index < -0.39 is 0 Å². The van der Waals surface area contributed by atoms with Crippen molar-refractivity contribution in [3.63, 3.8) is 0 Å². The zero-order valence-electron chi connectivity index (χ0n) is 13.6. The second kappa shape index (κ2) is 8.40. The molecule has 1 aliphatic rings. The molecule has 21 heavy (non-hydrogen) atoms. The van der Waals surface area contributed by atoms with Crippen LogP contribution in [0.5, 0.6) is 5.75 Å². The van der Waals surface area contributed by atoms with Gasteiger partial charge in [0.1, 0.15) is 5.75 Å². The van der Waals surface area contributed by atoms with E-state index in [9.17, 15) is 0 Å². The molecule has 1 aromatic rings. The van der Waals surface area contributed by atoms with Gasteiger partial charge in [0.25, 0.3) is 0 Å². The minimum Gasteiger partial charge on any atom is -0.497 e. The van der Waals surface area contributed by atoms with Crippen molar-refractivity contribution < 1.29 is 9.47 Å². The monoisotopic (exact) mass is 291 g/mol. The molecule has 0 saturated heterocycles. The van der Waals surface area contributed by atoms with Gasteiger partial charge in [-0.2, -0.15) is 0 Å². The summed E-state index contributed by atoms with van der Waals surface area (Å²) in [5.41, 5.74) is 1.44. The number of nitrogens with one attached hydrogen (secondary N) is 1. The van der Waals surface area contributed by atoms with Crippen LogP contribution in [0, 0.1) is 5.92 Å². The molecular weight excluding hydrogens is 262 g/mol. The van der Waals surface area contributed by atoms with Crippen molar-refractivity contribution in [1.29, 1.82) is 0 Å². The van der Waals surface area contributed by atoms with Crippen LogP contribution in [0.2, 0.25) is 0 Å². The Hall–Kier alpha value is -1.06. The van der Waals surface area contributed by atoms with Gasteiger partial charge < -0.3 is 14.8 Å². The van der Waals surface area contributed by atoms with Gasteiger partial charge in [0, 0.05) is 19.3 Å². The summed E-state index contributed by atoms with van der Waals surface area (Å²) in [5.74, 6) is 2.29. The van der Waals surface area contributed by atoms with Crippen LogP contribution in [-0.4, -0.2) is 32.9 Å². The van der Waals surface area contributed by atoms with Crippen molar-refractivity contribution in [2.45, 2.75) is 45.1 Å². The molecule has 1 aliphatic carbocycles. The predicted octanol–water partition coefficient (Wildman–Crippen LogP) is 3.59. The van der Waals surface area contributed by atoms with Gasteiger partial charge in [-0.3, -0.25) is 0 Å². The normalized spacial score (nSPS) is 21.3. The molecule has 1 fully saturated rings. The van der Waals surface area contributed by atoms with Gasteiger partial charge >= 0.3 is 0 Å². The quantitative estimate of drug-likeness (QED) is 0.705. The van der Waals surface area contributed by atoms with Crippen molar-refractivity contribution in [1.82, 2.24) is 5.32 Å². The molecular formula is C18H29NO2. The molecule has 0 aliphatic heterocycles. The largest absolute Gasteiger partial charge is 0.497 e. The molecule has 0 spiro atoms. The summed E-state index contributed by atoms with van der Waals surface area (Å²) in [6.07, 6.45) is 3.61. The molecule has 3 heteroatoms. The fourth-order valence-electron chi connectivity index (χ4n) is 2.73. The van der Waals surface area contributed by atoms with Crippen LogP contribution in [0.4, 0.5) is 0 Å². The molecule has 0 aromatic heterocycles. The van der Waals surface area contributed by atoms with E-state index in [4.69, 9.17) is 9.47 Å². The summed E-state index contributed by atoms with van der Waals surface area (Å²) in [4.78, 5) is 0. The highest BCUT2D eigenvalue weighted by molar-refractivity contribution is 5.30. The third-order valence-corrected chi connectivity index (χ3v) is 4.07. The number of hydrogen-bond donors (Lipinski definition) is 1. The minimum absolute atomic E-state index is 0.634.